The highest BCUT2D eigenvalue weighted by atomic mass is 16.6. The molecule has 0 saturated carbocycles. The van der Waals surface area contributed by atoms with Gasteiger partial charge in [-0.1, -0.05) is 6.07 Å². The van der Waals surface area contributed by atoms with Gasteiger partial charge in [-0.15, -0.1) is 0 Å². The lowest BCUT2D eigenvalue weighted by atomic mass is 9.98. The van der Waals surface area contributed by atoms with E-state index in [0.717, 1.165) is 11.1 Å². The lowest BCUT2D eigenvalue weighted by molar-refractivity contribution is -0.137. The van der Waals surface area contributed by atoms with E-state index in [4.69, 9.17) is 15.6 Å². The second-order valence-electron chi connectivity index (χ2n) is 6.33. The predicted octanol–water partition coefficient (Wildman–Crippen LogP) is 2.49. The maximum absolute atomic E-state index is 11.8. The van der Waals surface area contributed by atoms with E-state index < -0.39 is 23.7 Å². The Balaban J connectivity index is 2.82. The van der Waals surface area contributed by atoms with Crippen LogP contribution in [0, 0.1) is 6.92 Å². The van der Waals surface area contributed by atoms with Crippen LogP contribution in [0.15, 0.2) is 18.2 Å². The maximum Gasteiger partial charge on any atom is 0.407 e. The number of carboxylic acid groups (broad SMARTS) is 1. The number of amides is 1. The quantitative estimate of drug-likeness (QED) is 0.725. The Morgan fingerprint density at radius 2 is 2.00 bits per heavy atom. The number of aliphatic carboxylic acids is 1. The van der Waals surface area contributed by atoms with Gasteiger partial charge in [-0.2, -0.15) is 0 Å². The third kappa shape index (κ3) is 6.47. The highest BCUT2D eigenvalue weighted by molar-refractivity contribution is 5.71. The van der Waals surface area contributed by atoms with E-state index >= 15 is 0 Å². The van der Waals surface area contributed by atoms with Crippen molar-refractivity contribution in [3.05, 3.63) is 29.3 Å². The van der Waals surface area contributed by atoms with Crippen molar-refractivity contribution in [2.24, 2.45) is 0 Å². The van der Waals surface area contributed by atoms with E-state index in [1.165, 1.54) is 0 Å². The van der Waals surface area contributed by atoms with Crippen molar-refractivity contribution in [1.29, 1.82) is 0 Å². The minimum atomic E-state index is -0.984. The summed E-state index contributed by atoms with van der Waals surface area (Å²) in [4.78, 5) is 22.8. The molecule has 0 fully saturated rings. The number of nitrogen functional groups attached to an aromatic ring is 1. The van der Waals surface area contributed by atoms with Gasteiger partial charge in [-0.3, -0.25) is 4.79 Å². The van der Waals surface area contributed by atoms with Gasteiger partial charge in [0.15, 0.2) is 0 Å². The first-order chi connectivity index (χ1) is 10.1. The molecule has 0 bridgehead atoms. The molecule has 0 aliphatic carbocycles. The first-order valence-electron chi connectivity index (χ1n) is 7.13. The van der Waals surface area contributed by atoms with Crippen LogP contribution in [0.3, 0.4) is 0 Å². The van der Waals surface area contributed by atoms with Gasteiger partial charge in [-0.25, -0.2) is 4.79 Å². The minimum Gasteiger partial charge on any atom is -0.481 e. The zero-order chi connectivity index (χ0) is 16.9. The number of hydrogen-bond acceptors (Lipinski definition) is 4. The van der Waals surface area contributed by atoms with Gasteiger partial charge in [0, 0.05) is 11.7 Å². The molecule has 0 spiro atoms. The summed E-state index contributed by atoms with van der Waals surface area (Å²) in [5.41, 5.74) is 7.63. The normalized spacial score (nSPS) is 12.5. The summed E-state index contributed by atoms with van der Waals surface area (Å²) in [5, 5.41) is 11.6. The molecule has 1 unspecified atom stereocenters. The molecule has 0 saturated heterocycles. The van der Waals surface area contributed by atoms with E-state index in [1.54, 1.807) is 32.9 Å². The number of carboxylic acids is 1. The summed E-state index contributed by atoms with van der Waals surface area (Å²) in [6.07, 6.45) is -0.434. The standard InChI is InChI=1S/C16H24N2O4/c1-10-5-6-12(17)7-11(10)8-13(9-14(19)20)18-15(21)22-16(2,3)4/h5-7,13H,8-9,17H2,1-4H3,(H,18,21)(H,19,20). The zero-order valence-corrected chi connectivity index (χ0v) is 13.5. The highest BCUT2D eigenvalue weighted by Gasteiger charge is 2.22. The second kappa shape index (κ2) is 7.15. The lowest BCUT2D eigenvalue weighted by Gasteiger charge is -2.23. The molecule has 22 heavy (non-hydrogen) atoms. The number of nitrogens with two attached hydrogens (primary N) is 1. The van der Waals surface area contributed by atoms with Crippen LogP contribution in [0.5, 0.6) is 0 Å². The Kier molecular flexibility index (Phi) is 5.79. The van der Waals surface area contributed by atoms with E-state index in [1.807, 2.05) is 13.0 Å². The topological polar surface area (TPSA) is 102 Å². The molecule has 0 aliphatic rings. The summed E-state index contributed by atoms with van der Waals surface area (Å²) in [7, 11) is 0. The average Bonchev–Trinajstić information content (AvgIpc) is 2.30. The summed E-state index contributed by atoms with van der Waals surface area (Å²) < 4.78 is 5.17. The number of carbonyl (C=O) groups excluding carboxylic acids is 1. The summed E-state index contributed by atoms with van der Waals surface area (Å²) >= 11 is 0. The summed E-state index contributed by atoms with van der Waals surface area (Å²) in [6, 6.07) is 4.89. The molecule has 0 radical (unpaired) electrons. The fourth-order valence-electron chi connectivity index (χ4n) is 2.04. The van der Waals surface area contributed by atoms with Crippen LogP contribution in [0.1, 0.15) is 38.3 Å². The van der Waals surface area contributed by atoms with E-state index in [-0.39, 0.29) is 6.42 Å². The number of nitrogens with one attached hydrogen (secondary N) is 1. The van der Waals surface area contributed by atoms with Gasteiger partial charge < -0.3 is 20.9 Å². The SMILES string of the molecule is Cc1ccc(N)cc1CC(CC(=O)O)NC(=O)OC(C)(C)C. The van der Waals surface area contributed by atoms with Crippen molar-refractivity contribution in [3.63, 3.8) is 0 Å². The molecule has 122 valence electrons. The number of aryl methyl sites for hydroxylation is 1. The number of rotatable bonds is 5. The van der Waals surface area contributed by atoms with Gasteiger partial charge in [0.25, 0.3) is 0 Å². The molecule has 0 heterocycles. The molecule has 0 aliphatic heterocycles. The Morgan fingerprint density at radius 3 is 2.55 bits per heavy atom. The fraction of sp³-hybridized carbons (Fsp3) is 0.500. The minimum absolute atomic E-state index is 0.187. The molecular weight excluding hydrogens is 284 g/mol. The van der Waals surface area contributed by atoms with Crippen molar-refractivity contribution < 1.29 is 19.4 Å². The zero-order valence-electron chi connectivity index (χ0n) is 13.5. The first kappa shape index (κ1) is 17.8. The Morgan fingerprint density at radius 1 is 1.36 bits per heavy atom. The van der Waals surface area contributed by atoms with Crippen LogP contribution in [-0.2, 0) is 16.0 Å². The summed E-state index contributed by atoms with van der Waals surface area (Å²) in [5.74, 6) is -0.984. The van der Waals surface area contributed by atoms with E-state index in [9.17, 15) is 9.59 Å². The predicted molar refractivity (Wildman–Crippen MR) is 84.7 cm³/mol. The Hall–Kier alpha value is -2.24. The largest absolute Gasteiger partial charge is 0.481 e. The number of ether oxygens (including phenoxy) is 1. The fourth-order valence-corrected chi connectivity index (χ4v) is 2.04. The molecule has 1 amide bonds. The molecule has 6 nitrogen and oxygen atoms in total. The van der Waals surface area contributed by atoms with Crippen molar-refractivity contribution in [1.82, 2.24) is 5.32 Å². The van der Waals surface area contributed by atoms with Crippen molar-refractivity contribution in [2.75, 3.05) is 5.73 Å². The molecule has 1 aromatic rings. The van der Waals surface area contributed by atoms with Gasteiger partial charge in [0.1, 0.15) is 5.60 Å². The van der Waals surface area contributed by atoms with Crippen molar-refractivity contribution in [2.45, 2.75) is 52.2 Å². The number of anilines is 1. The third-order valence-electron chi connectivity index (χ3n) is 2.98. The molecule has 1 atom stereocenters. The van der Waals surface area contributed by atoms with Crippen LogP contribution in [0.25, 0.3) is 0 Å². The first-order valence-corrected chi connectivity index (χ1v) is 7.13. The number of hydrogen-bond donors (Lipinski definition) is 3. The summed E-state index contributed by atoms with van der Waals surface area (Å²) in [6.45, 7) is 7.17. The van der Waals surface area contributed by atoms with Crippen molar-refractivity contribution >= 4 is 17.7 Å². The molecule has 0 aromatic heterocycles. The highest BCUT2D eigenvalue weighted by Crippen LogP contribution is 2.16. The third-order valence-corrected chi connectivity index (χ3v) is 2.98. The van der Waals surface area contributed by atoms with Crippen LogP contribution in [0.2, 0.25) is 0 Å². The van der Waals surface area contributed by atoms with Gasteiger partial charge in [0.2, 0.25) is 0 Å². The van der Waals surface area contributed by atoms with Crippen molar-refractivity contribution in [3.8, 4) is 0 Å². The molecular formula is C16H24N2O4. The van der Waals surface area contributed by atoms with E-state index in [2.05, 4.69) is 5.32 Å². The van der Waals surface area contributed by atoms with Crippen LogP contribution in [0.4, 0.5) is 10.5 Å². The Bertz CT molecular complexity index is 550. The second-order valence-corrected chi connectivity index (χ2v) is 6.33. The van der Waals surface area contributed by atoms with Gasteiger partial charge >= 0.3 is 12.1 Å². The Labute approximate surface area is 130 Å². The average molecular weight is 308 g/mol. The van der Waals surface area contributed by atoms with Gasteiger partial charge in [-0.05, 0) is 57.4 Å². The van der Waals surface area contributed by atoms with Crippen LogP contribution in [-0.4, -0.2) is 28.8 Å². The molecule has 1 aromatic carbocycles. The molecule has 1 rings (SSSR count). The maximum atomic E-state index is 11.8. The molecule has 6 heteroatoms. The van der Waals surface area contributed by atoms with Crippen LogP contribution >= 0.6 is 0 Å². The monoisotopic (exact) mass is 308 g/mol. The number of benzene rings is 1. The van der Waals surface area contributed by atoms with E-state index in [0.29, 0.717) is 12.1 Å². The smallest absolute Gasteiger partial charge is 0.407 e. The van der Waals surface area contributed by atoms with Crippen LogP contribution < -0.4 is 11.1 Å². The number of carbonyl (C=O) groups is 2. The lowest BCUT2D eigenvalue weighted by Crippen LogP contribution is -2.41. The number of alkyl carbamates (subject to hydrolysis) is 1. The molecule has 4 N–H and O–H groups in total. The van der Waals surface area contributed by atoms with Gasteiger partial charge in [0.05, 0.1) is 6.42 Å².